The lowest BCUT2D eigenvalue weighted by Gasteiger charge is -2.32. The van der Waals surface area contributed by atoms with Gasteiger partial charge in [0.05, 0.1) is 23.4 Å². The van der Waals surface area contributed by atoms with E-state index in [9.17, 15) is 14.4 Å². The van der Waals surface area contributed by atoms with Crippen molar-refractivity contribution in [3.05, 3.63) is 48.0 Å². The van der Waals surface area contributed by atoms with Crippen LogP contribution in [0.5, 0.6) is 5.75 Å². The molecule has 4 N–H and O–H groups in total. The number of nitrogens with zero attached hydrogens (tertiary/aromatic N) is 6. The molecule has 0 radical (unpaired) electrons. The summed E-state index contributed by atoms with van der Waals surface area (Å²) in [5.41, 5.74) is 10.0. The average Bonchev–Trinajstić information content (AvgIpc) is 3.00. The van der Waals surface area contributed by atoms with Gasteiger partial charge in [-0.05, 0) is 37.8 Å². The summed E-state index contributed by atoms with van der Waals surface area (Å²) >= 11 is 0. The Balaban J connectivity index is 1.73. The molecular weight excluding hydrogens is 539 g/mol. The molecule has 4 rings (SSSR count). The number of anilines is 2. The van der Waals surface area contributed by atoms with Crippen LogP contribution >= 0.6 is 0 Å². The fourth-order valence-corrected chi connectivity index (χ4v) is 4.81. The number of ether oxygens (including phenoxy) is 1. The van der Waals surface area contributed by atoms with E-state index in [1.165, 1.54) is 12.1 Å². The van der Waals surface area contributed by atoms with Gasteiger partial charge in [-0.3, -0.25) is 10.0 Å². The highest BCUT2D eigenvalue weighted by Gasteiger charge is 2.24. The number of halogens is 1. The van der Waals surface area contributed by atoms with Crippen molar-refractivity contribution in [2.45, 2.75) is 51.0 Å². The molecule has 0 bridgehead atoms. The van der Waals surface area contributed by atoms with E-state index >= 15 is 0 Å². The van der Waals surface area contributed by atoms with Crippen molar-refractivity contribution in [1.29, 1.82) is 5.26 Å². The van der Waals surface area contributed by atoms with Gasteiger partial charge in [0, 0.05) is 69.2 Å². The van der Waals surface area contributed by atoms with Crippen molar-refractivity contribution < 1.29 is 19.1 Å². The number of benzene rings is 1. The topological polar surface area (TPSA) is 154 Å². The molecule has 3 heterocycles. The Hall–Kier alpha value is -4.34. The van der Waals surface area contributed by atoms with E-state index in [4.69, 9.17) is 20.7 Å². The normalized spacial score (nSPS) is 13.5. The van der Waals surface area contributed by atoms with Crippen LogP contribution in [-0.2, 0) is 4.79 Å². The van der Waals surface area contributed by atoms with Gasteiger partial charge in [0.15, 0.2) is 0 Å². The number of nitrogens with one attached hydrogen (secondary N) is 1. The van der Waals surface area contributed by atoms with Gasteiger partial charge in [-0.1, -0.05) is 18.9 Å². The number of amides is 1. The van der Waals surface area contributed by atoms with E-state index in [1.54, 1.807) is 28.8 Å². The number of pyridine rings is 1. The number of carbonyl (C=O) groups excluding carboxylic acids is 1. The van der Waals surface area contributed by atoms with Crippen LogP contribution in [0.15, 0.2) is 36.7 Å². The predicted molar refractivity (Wildman–Crippen MR) is 158 cm³/mol. The summed E-state index contributed by atoms with van der Waals surface area (Å²) < 4.78 is 21.2. The highest BCUT2D eigenvalue weighted by Crippen LogP contribution is 2.41. The van der Waals surface area contributed by atoms with Gasteiger partial charge in [0.2, 0.25) is 11.9 Å². The van der Waals surface area contributed by atoms with Crippen LogP contribution in [0.25, 0.3) is 22.4 Å². The Kier molecular flexibility index (Phi) is 10.6. The number of unbranched alkanes of at least 4 members (excludes halogenated alkanes) is 3. The van der Waals surface area contributed by atoms with Crippen LogP contribution in [0.2, 0.25) is 0 Å². The lowest BCUT2D eigenvalue weighted by molar-refractivity contribution is -0.129. The molecule has 1 saturated heterocycles. The van der Waals surface area contributed by atoms with E-state index in [0.29, 0.717) is 52.9 Å². The number of nitriles is 1. The number of nitrogens with two attached hydrogens (primary N) is 1. The Morgan fingerprint density at radius 2 is 1.88 bits per heavy atom. The molecule has 1 aliphatic heterocycles. The molecule has 0 saturated carbocycles. The van der Waals surface area contributed by atoms with Gasteiger partial charge >= 0.3 is 0 Å². The third kappa shape index (κ3) is 7.69. The maximum Gasteiger partial charge on any atom is 0.243 e. The number of aromatic nitrogens is 3. The van der Waals surface area contributed by atoms with Crippen molar-refractivity contribution in [2.24, 2.45) is 5.73 Å². The van der Waals surface area contributed by atoms with Crippen LogP contribution in [0.4, 0.5) is 16.2 Å². The standard InChI is InChI=1S/C30H37FN8O3/c1-38(2)30-34-18-22(19-35-30)28-25(42-14-6-4-3-5-7-27(40)37-41)16-26(39-12-10-23(33)11-13-39)36-29(28)20-8-9-21(17-32)24(31)15-20/h8-9,15-16,18-19,23,41H,3-7,10-14,33H2,1-2H3,(H,37,40). The second kappa shape index (κ2) is 14.5. The Labute approximate surface area is 245 Å². The van der Waals surface area contributed by atoms with Crippen LogP contribution in [0.3, 0.4) is 0 Å². The molecule has 0 unspecified atom stereocenters. The smallest absolute Gasteiger partial charge is 0.243 e. The number of hydrogen-bond donors (Lipinski definition) is 3. The lowest BCUT2D eigenvalue weighted by atomic mass is 9.98. The van der Waals surface area contributed by atoms with Crippen LogP contribution < -0.4 is 25.8 Å². The zero-order chi connectivity index (χ0) is 30.1. The monoisotopic (exact) mass is 576 g/mol. The zero-order valence-corrected chi connectivity index (χ0v) is 24.0. The van der Waals surface area contributed by atoms with Gasteiger partial charge < -0.3 is 20.3 Å². The number of rotatable bonds is 12. The molecule has 1 aromatic carbocycles. The number of hydrogen-bond acceptors (Lipinski definition) is 10. The molecule has 222 valence electrons. The first-order chi connectivity index (χ1) is 20.3. The predicted octanol–water partition coefficient (Wildman–Crippen LogP) is 4.04. The summed E-state index contributed by atoms with van der Waals surface area (Å²) in [5, 5.41) is 17.9. The molecule has 2 aromatic heterocycles. The molecule has 42 heavy (non-hydrogen) atoms. The largest absolute Gasteiger partial charge is 0.493 e. The van der Waals surface area contributed by atoms with Crippen molar-refractivity contribution >= 4 is 17.7 Å². The molecular formula is C30H37FN8O3. The van der Waals surface area contributed by atoms with Crippen LogP contribution in [0, 0.1) is 17.1 Å². The first-order valence-electron chi connectivity index (χ1n) is 14.1. The summed E-state index contributed by atoms with van der Waals surface area (Å²) in [7, 11) is 3.71. The SMILES string of the molecule is CN(C)c1ncc(-c2c(OCCCCCCC(=O)NO)cc(N3CCC(N)CC3)nc2-c2ccc(C#N)c(F)c2)cn1. The molecule has 0 spiro atoms. The van der Waals surface area contributed by atoms with E-state index in [-0.39, 0.29) is 18.0 Å². The van der Waals surface area contributed by atoms with Gasteiger partial charge in [0.1, 0.15) is 23.5 Å². The maximum atomic E-state index is 14.9. The summed E-state index contributed by atoms with van der Waals surface area (Å²) in [6, 6.07) is 8.37. The van der Waals surface area contributed by atoms with Gasteiger partial charge in [-0.25, -0.2) is 24.8 Å². The third-order valence-electron chi connectivity index (χ3n) is 7.20. The average molecular weight is 577 g/mol. The van der Waals surface area contributed by atoms with E-state index < -0.39 is 11.7 Å². The highest BCUT2D eigenvalue weighted by molar-refractivity contribution is 5.86. The Bertz CT molecular complexity index is 1400. The molecule has 0 atom stereocenters. The van der Waals surface area contributed by atoms with E-state index in [0.717, 1.165) is 45.2 Å². The second-order valence-electron chi connectivity index (χ2n) is 10.5. The third-order valence-corrected chi connectivity index (χ3v) is 7.20. The summed E-state index contributed by atoms with van der Waals surface area (Å²) in [6.45, 7) is 1.87. The second-order valence-corrected chi connectivity index (χ2v) is 10.5. The molecule has 1 fully saturated rings. The molecule has 11 nitrogen and oxygen atoms in total. The van der Waals surface area contributed by atoms with Crippen molar-refractivity contribution in [2.75, 3.05) is 43.6 Å². The Morgan fingerprint density at radius 1 is 1.17 bits per heavy atom. The summed E-state index contributed by atoms with van der Waals surface area (Å²) in [5.74, 6) is 0.773. The molecule has 1 aliphatic rings. The van der Waals surface area contributed by atoms with E-state index in [2.05, 4.69) is 14.9 Å². The summed E-state index contributed by atoms with van der Waals surface area (Å²) in [6.07, 6.45) is 8.37. The number of piperidine rings is 1. The fourth-order valence-electron chi connectivity index (χ4n) is 4.81. The highest BCUT2D eigenvalue weighted by atomic mass is 19.1. The van der Waals surface area contributed by atoms with E-state index in [1.807, 2.05) is 26.2 Å². The minimum absolute atomic E-state index is 0.0481. The van der Waals surface area contributed by atoms with Crippen molar-refractivity contribution in [1.82, 2.24) is 20.4 Å². The quantitative estimate of drug-likeness (QED) is 0.163. The zero-order valence-electron chi connectivity index (χ0n) is 24.0. The minimum Gasteiger partial charge on any atom is -0.493 e. The molecule has 12 heteroatoms. The molecule has 1 amide bonds. The summed E-state index contributed by atoms with van der Waals surface area (Å²) in [4.78, 5) is 29.2. The van der Waals surface area contributed by atoms with Gasteiger partial charge in [-0.2, -0.15) is 5.26 Å². The maximum absolute atomic E-state index is 14.9. The number of hydroxylamine groups is 1. The van der Waals surface area contributed by atoms with Crippen LogP contribution in [0.1, 0.15) is 50.5 Å². The van der Waals surface area contributed by atoms with Crippen molar-refractivity contribution in [3.63, 3.8) is 0 Å². The van der Waals surface area contributed by atoms with Gasteiger partial charge in [-0.15, -0.1) is 0 Å². The Morgan fingerprint density at radius 3 is 2.52 bits per heavy atom. The first kappa shape index (κ1) is 30.6. The van der Waals surface area contributed by atoms with Crippen LogP contribution in [-0.4, -0.2) is 65.9 Å². The van der Waals surface area contributed by atoms with Crippen molar-refractivity contribution in [3.8, 4) is 34.2 Å². The van der Waals surface area contributed by atoms with Gasteiger partial charge in [0.25, 0.3) is 0 Å². The lowest BCUT2D eigenvalue weighted by Crippen LogP contribution is -2.40. The minimum atomic E-state index is -0.631. The molecule has 0 aliphatic carbocycles. The fraction of sp³-hybridized carbons (Fsp3) is 0.433. The molecule has 3 aromatic rings. The number of carbonyl (C=O) groups is 1. The first-order valence-corrected chi connectivity index (χ1v) is 14.1.